The highest BCUT2D eigenvalue weighted by atomic mass is 32.1. The molecule has 3 rings (SSSR count). The number of hydrogen-bond donors (Lipinski definition) is 1. The monoisotopic (exact) mass is 285 g/mol. The maximum Gasteiger partial charge on any atom is 0.184 e. The first kappa shape index (κ1) is 12.9. The van der Waals surface area contributed by atoms with Crippen LogP contribution in [0, 0.1) is 0 Å². The molecule has 3 aromatic rings. The van der Waals surface area contributed by atoms with Crippen LogP contribution < -0.4 is 10.1 Å². The molecule has 1 N–H and O–H groups in total. The Balaban J connectivity index is 1.75. The standard InChI is InChI=1S/C15H15N3OS/c1-2-19-12-5-6-13-14(8-12)20-15(18-13)17-10-11-4-3-7-16-9-11/h3-9H,2,10H2,1H3,(H,17,18). The predicted octanol–water partition coefficient (Wildman–Crippen LogP) is 3.70. The lowest BCUT2D eigenvalue weighted by atomic mass is 10.3. The molecule has 0 unspecified atom stereocenters. The fraction of sp³-hybridized carbons (Fsp3) is 0.200. The van der Waals surface area contributed by atoms with Gasteiger partial charge in [0.15, 0.2) is 5.13 Å². The minimum Gasteiger partial charge on any atom is -0.494 e. The average Bonchev–Trinajstić information content (AvgIpc) is 2.89. The number of thiazole rings is 1. The number of anilines is 1. The van der Waals surface area contributed by atoms with Crippen molar-refractivity contribution in [3.63, 3.8) is 0 Å². The van der Waals surface area contributed by atoms with E-state index >= 15 is 0 Å². The van der Waals surface area contributed by atoms with Crippen LogP contribution in [-0.4, -0.2) is 16.6 Å². The lowest BCUT2D eigenvalue weighted by molar-refractivity contribution is 0.341. The molecule has 0 atom stereocenters. The molecular weight excluding hydrogens is 270 g/mol. The number of aromatic nitrogens is 2. The molecule has 0 aliphatic carbocycles. The summed E-state index contributed by atoms with van der Waals surface area (Å²) in [6.07, 6.45) is 3.63. The Morgan fingerprint density at radius 2 is 2.25 bits per heavy atom. The van der Waals surface area contributed by atoms with Crippen LogP contribution in [0.15, 0.2) is 42.7 Å². The van der Waals surface area contributed by atoms with E-state index in [9.17, 15) is 0 Å². The second kappa shape index (κ2) is 5.88. The van der Waals surface area contributed by atoms with E-state index in [1.165, 1.54) is 0 Å². The van der Waals surface area contributed by atoms with Gasteiger partial charge in [-0.1, -0.05) is 17.4 Å². The second-order valence-electron chi connectivity index (χ2n) is 4.30. The lowest BCUT2D eigenvalue weighted by Crippen LogP contribution is -1.98. The van der Waals surface area contributed by atoms with Crippen molar-refractivity contribution in [2.75, 3.05) is 11.9 Å². The number of benzene rings is 1. The SMILES string of the molecule is CCOc1ccc2nc(NCc3cccnc3)sc2c1. The molecule has 0 amide bonds. The maximum absolute atomic E-state index is 5.50. The number of rotatable bonds is 5. The zero-order valence-electron chi connectivity index (χ0n) is 11.2. The van der Waals surface area contributed by atoms with Gasteiger partial charge in [0.1, 0.15) is 5.75 Å². The summed E-state index contributed by atoms with van der Waals surface area (Å²) in [6, 6.07) is 9.96. The van der Waals surface area contributed by atoms with Crippen molar-refractivity contribution in [1.82, 2.24) is 9.97 Å². The summed E-state index contributed by atoms with van der Waals surface area (Å²) < 4.78 is 6.63. The number of fused-ring (bicyclic) bond motifs is 1. The molecule has 0 fully saturated rings. The average molecular weight is 285 g/mol. The van der Waals surface area contributed by atoms with Gasteiger partial charge in [-0.15, -0.1) is 0 Å². The molecule has 0 aliphatic rings. The van der Waals surface area contributed by atoms with E-state index in [1.54, 1.807) is 17.5 Å². The van der Waals surface area contributed by atoms with Crippen molar-refractivity contribution < 1.29 is 4.74 Å². The predicted molar refractivity (Wildman–Crippen MR) is 82.4 cm³/mol. The number of hydrogen-bond acceptors (Lipinski definition) is 5. The first-order valence-corrected chi connectivity index (χ1v) is 7.33. The molecule has 4 nitrogen and oxygen atoms in total. The van der Waals surface area contributed by atoms with E-state index in [0.717, 1.165) is 33.2 Å². The van der Waals surface area contributed by atoms with Crippen LogP contribution in [0.4, 0.5) is 5.13 Å². The Bertz CT molecular complexity index is 697. The summed E-state index contributed by atoms with van der Waals surface area (Å²) in [6.45, 7) is 3.39. The molecule has 5 heteroatoms. The van der Waals surface area contributed by atoms with Crippen molar-refractivity contribution in [1.29, 1.82) is 0 Å². The van der Waals surface area contributed by atoms with Crippen LogP contribution in [0.25, 0.3) is 10.2 Å². The van der Waals surface area contributed by atoms with Crippen molar-refractivity contribution in [2.24, 2.45) is 0 Å². The van der Waals surface area contributed by atoms with Crippen molar-refractivity contribution >= 4 is 26.7 Å². The normalized spacial score (nSPS) is 10.7. The molecular formula is C15H15N3OS. The number of pyridine rings is 1. The number of ether oxygens (including phenoxy) is 1. The van der Waals surface area contributed by atoms with Crippen molar-refractivity contribution in [2.45, 2.75) is 13.5 Å². The molecule has 0 radical (unpaired) electrons. The van der Waals surface area contributed by atoms with Gasteiger partial charge < -0.3 is 10.1 Å². The summed E-state index contributed by atoms with van der Waals surface area (Å²) in [5.74, 6) is 0.891. The van der Waals surface area contributed by atoms with Crippen LogP contribution >= 0.6 is 11.3 Å². The van der Waals surface area contributed by atoms with Gasteiger partial charge in [0.25, 0.3) is 0 Å². The fourth-order valence-electron chi connectivity index (χ4n) is 1.92. The van der Waals surface area contributed by atoms with Crippen molar-refractivity contribution in [3.8, 4) is 5.75 Å². The molecule has 0 spiro atoms. The van der Waals surface area contributed by atoms with E-state index in [2.05, 4.69) is 15.3 Å². The van der Waals surface area contributed by atoms with Crippen LogP contribution in [-0.2, 0) is 6.54 Å². The zero-order chi connectivity index (χ0) is 13.8. The molecule has 0 saturated carbocycles. The minimum atomic E-state index is 0.677. The lowest BCUT2D eigenvalue weighted by Gasteiger charge is -2.00. The molecule has 0 saturated heterocycles. The molecule has 102 valence electrons. The molecule has 2 aromatic heterocycles. The first-order chi connectivity index (χ1) is 9.85. The first-order valence-electron chi connectivity index (χ1n) is 6.51. The van der Waals surface area contributed by atoms with E-state index in [0.29, 0.717) is 6.61 Å². The van der Waals surface area contributed by atoms with Gasteiger partial charge >= 0.3 is 0 Å². The van der Waals surface area contributed by atoms with Crippen LogP contribution in [0.1, 0.15) is 12.5 Å². The van der Waals surface area contributed by atoms with E-state index in [4.69, 9.17) is 4.74 Å². The zero-order valence-corrected chi connectivity index (χ0v) is 12.0. The topological polar surface area (TPSA) is 47.0 Å². The van der Waals surface area contributed by atoms with Gasteiger partial charge in [-0.3, -0.25) is 4.98 Å². The summed E-state index contributed by atoms with van der Waals surface area (Å²) in [4.78, 5) is 8.66. The molecule has 1 aromatic carbocycles. The molecule has 20 heavy (non-hydrogen) atoms. The third-order valence-electron chi connectivity index (χ3n) is 2.84. The molecule has 0 aliphatic heterocycles. The number of nitrogens with zero attached hydrogens (tertiary/aromatic N) is 2. The Hall–Kier alpha value is -2.14. The van der Waals surface area contributed by atoms with Gasteiger partial charge in [-0.05, 0) is 36.8 Å². The fourth-order valence-corrected chi connectivity index (χ4v) is 2.81. The van der Waals surface area contributed by atoms with Crippen LogP contribution in [0.3, 0.4) is 0 Å². The Morgan fingerprint density at radius 3 is 3.05 bits per heavy atom. The van der Waals surface area contributed by atoms with Gasteiger partial charge in [-0.2, -0.15) is 0 Å². The number of nitrogens with one attached hydrogen (secondary N) is 1. The third kappa shape index (κ3) is 2.88. The summed E-state index contributed by atoms with van der Waals surface area (Å²) in [5.41, 5.74) is 2.13. The second-order valence-corrected chi connectivity index (χ2v) is 5.33. The largest absolute Gasteiger partial charge is 0.494 e. The Morgan fingerprint density at radius 1 is 1.30 bits per heavy atom. The highest BCUT2D eigenvalue weighted by Crippen LogP contribution is 2.29. The quantitative estimate of drug-likeness (QED) is 0.776. The maximum atomic E-state index is 5.50. The third-order valence-corrected chi connectivity index (χ3v) is 3.81. The van der Waals surface area contributed by atoms with E-state index in [-0.39, 0.29) is 0 Å². The van der Waals surface area contributed by atoms with Crippen molar-refractivity contribution in [3.05, 3.63) is 48.3 Å². The highest BCUT2D eigenvalue weighted by Gasteiger charge is 2.05. The van der Waals surface area contributed by atoms with Gasteiger partial charge in [-0.25, -0.2) is 4.98 Å². The smallest absolute Gasteiger partial charge is 0.184 e. The van der Waals surface area contributed by atoms with E-state index < -0.39 is 0 Å². The van der Waals surface area contributed by atoms with E-state index in [1.807, 2.05) is 43.5 Å². The van der Waals surface area contributed by atoms with Crippen LogP contribution in [0.2, 0.25) is 0 Å². The summed E-state index contributed by atoms with van der Waals surface area (Å²) in [5, 5.41) is 4.24. The highest BCUT2D eigenvalue weighted by molar-refractivity contribution is 7.22. The molecule has 2 heterocycles. The molecule has 0 bridgehead atoms. The van der Waals surface area contributed by atoms with Crippen LogP contribution in [0.5, 0.6) is 5.75 Å². The van der Waals surface area contributed by atoms with Gasteiger partial charge in [0.2, 0.25) is 0 Å². The van der Waals surface area contributed by atoms with Gasteiger partial charge in [0, 0.05) is 18.9 Å². The van der Waals surface area contributed by atoms with Gasteiger partial charge in [0.05, 0.1) is 16.8 Å². The Kier molecular flexibility index (Phi) is 3.78. The Labute approximate surface area is 121 Å². The summed E-state index contributed by atoms with van der Waals surface area (Å²) in [7, 11) is 0. The summed E-state index contributed by atoms with van der Waals surface area (Å²) >= 11 is 1.63. The minimum absolute atomic E-state index is 0.677.